The van der Waals surface area contributed by atoms with E-state index in [1.807, 2.05) is 6.92 Å². The quantitative estimate of drug-likeness (QED) is 0.688. The molecular weight excluding hydrogens is 246 g/mol. The van der Waals surface area contributed by atoms with Crippen LogP contribution in [0.1, 0.15) is 45.4 Å². The highest BCUT2D eigenvalue weighted by atomic mass is 32.1. The Labute approximate surface area is 115 Å². The van der Waals surface area contributed by atoms with E-state index in [0.29, 0.717) is 24.0 Å². The average Bonchev–Trinajstić information content (AvgIpc) is 2.35. The Hall–Kier alpha value is -0.680. The van der Waals surface area contributed by atoms with Crippen molar-refractivity contribution >= 4 is 23.1 Å². The molecule has 104 valence electrons. The van der Waals surface area contributed by atoms with Crippen LogP contribution >= 0.6 is 12.2 Å². The van der Waals surface area contributed by atoms with Crippen LogP contribution in [0, 0.1) is 0 Å². The van der Waals surface area contributed by atoms with Gasteiger partial charge in [0, 0.05) is 19.0 Å². The third-order valence-electron chi connectivity index (χ3n) is 3.46. The van der Waals surface area contributed by atoms with Crippen LogP contribution < -0.4 is 11.1 Å². The Morgan fingerprint density at radius 2 is 2.06 bits per heavy atom. The zero-order valence-corrected chi connectivity index (χ0v) is 12.1. The molecule has 1 fully saturated rings. The van der Waals surface area contributed by atoms with Crippen LogP contribution in [0.15, 0.2) is 0 Å². The van der Waals surface area contributed by atoms with Crippen LogP contribution in [0.5, 0.6) is 0 Å². The van der Waals surface area contributed by atoms with Crippen LogP contribution in [-0.2, 0) is 4.79 Å². The predicted octanol–water partition coefficient (Wildman–Crippen LogP) is 1.43. The van der Waals surface area contributed by atoms with Gasteiger partial charge in [0.2, 0.25) is 5.91 Å². The van der Waals surface area contributed by atoms with Crippen LogP contribution in [0.3, 0.4) is 0 Å². The van der Waals surface area contributed by atoms with Gasteiger partial charge >= 0.3 is 0 Å². The fourth-order valence-corrected chi connectivity index (χ4v) is 2.43. The zero-order chi connectivity index (χ0) is 13.4. The number of nitrogens with zero attached hydrogens (tertiary/aromatic N) is 1. The second-order valence-electron chi connectivity index (χ2n) is 4.99. The first kappa shape index (κ1) is 15.4. The van der Waals surface area contributed by atoms with Gasteiger partial charge in [-0.3, -0.25) is 9.69 Å². The Kier molecular flexibility index (Phi) is 7.20. The molecule has 0 heterocycles. The molecule has 1 saturated carbocycles. The molecule has 1 amide bonds. The number of nitrogens with two attached hydrogens (primary N) is 1. The van der Waals surface area contributed by atoms with E-state index < -0.39 is 0 Å². The summed E-state index contributed by atoms with van der Waals surface area (Å²) < 4.78 is 0. The van der Waals surface area contributed by atoms with E-state index in [-0.39, 0.29) is 5.91 Å². The highest BCUT2D eigenvalue weighted by Crippen LogP contribution is 2.17. The van der Waals surface area contributed by atoms with E-state index >= 15 is 0 Å². The molecule has 1 aliphatic carbocycles. The molecule has 0 aromatic heterocycles. The summed E-state index contributed by atoms with van der Waals surface area (Å²) in [6.45, 7) is 4.12. The lowest BCUT2D eigenvalue weighted by Crippen LogP contribution is -2.43. The van der Waals surface area contributed by atoms with Crippen LogP contribution in [-0.4, -0.2) is 41.5 Å². The smallest absolute Gasteiger partial charge is 0.234 e. The van der Waals surface area contributed by atoms with E-state index in [0.717, 1.165) is 25.9 Å². The third kappa shape index (κ3) is 6.31. The Morgan fingerprint density at radius 1 is 1.39 bits per heavy atom. The first-order chi connectivity index (χ1) is 8.61. The molecule has 0 spiro atoms. The number of carbonyl (C=O) groups excluding carboxylic acids is 1. The lowest BCUT2D eigenvalue weighted by Gasteiger charge is -2.25. The normalized spacial score (nSPS) is 16.8. The van der Waals surface area contributed by atoms with Crippen molar-refractivity contribution in [3.8, 4) is 0 Å². The summed E-state index contributed by atoms with van der Waals surface area (Å²) in [6.07, 6.45) is 6.73. The number of carbonyl (C=O) groups is 1. The molecule has 0 aromatic carbocycles. The van der Waals surface area contributed by atoms with E-state index in [1.54, 1.807) is 0 Å². The summed E-state index contributed by atoms with van der Waals surface area (Å²) in [5, 5.41) is 3.13. The number of likely N-dealkylation sites (N-methyl/N-ethyl adjacent to an activating group) is 1. The van der Waals surface area contributed by atoms with Crippen molar-refractivity contribution in [2.24, 2.45) is 5.73 Å². The van der Waals surface area contributed by atoms with Crippen molar-refractivity contribution in [3.05, 3.63) is 0 Å². The zero-order valence-electron chi connectivity index (χ0n) is 11.3. The molecule has 1 aliphatic rings. The Morgan fingerprint density at radius 3 is 2.61 bits per heavy atom. The fourth-order valence-electron chi connectivity index (χ4n) is 2.34. The standard InChI is InChI=1S/C13H25N3OS/c1-2-16(9-8-12(14)18)10-13(17)15-11-6-4-3-5-7-11/h11H,2-10H2,1H3,(H2,14,18)(H,15,17). The highest BCUT2D eigenvalue weighted by Gasteiger charge is 2.17. The summed E-state index contributed by atoms with van der Waals surface area (Å²) in [6, 6.07) is 0.389. The number of thiocarbonyl (C=S) groups is 1. The minimum atomic E-state index is 0.131. The molecule has 4 nitrogen and oxygen atoms in total. The van der Waals surface area contributed by atoms with Crippen molar-refractivity contribution in [2.45, 2.75) is 51.5 Å². The number of rotatable bonds is 7. The van der Waals surface area contributed by atoms with Crippen molar-refractivity contribution in [1.29, 1.82) is 0 Å². The lowest BCUT2D eigenvalue weighted by atomic mass is 9.95. The topological polar surface area (TPSA) is 58.4 Å². The summed E-state index contributed by atoms with van der Waals surface area (Å²) >= 11 is 4.86. The first-order valence-electron chi connectivity index (χ1n) is 6.91. The molecule has 0 atom stereocenters. The van der Waals surface area contributed by atoms with Gasteiger partial charge in [-0.05, 0) is 19.4 Å². The molecular formula is C13H25N3OS. The van der Waals surface area contributed by atoms with Crippen LogP contribution in [0.2, 0.25) is 0 Å². The molecule has 3 N–H and O–H groups in total. The minimum absolute atomic E-state index is 0.131. The van der Waals surface area contributed by atoms with E-state index in [4.69, 9.17) is 18.0 Å². The fraction of sp³-hybridized carbons (Fsp3) is 0.846. The maximum absolute atomic E-state index is 11.9. The van der Waals surface area contributed by atoms with Gasteiger partial charge < -0.3 is 11.1 Å². The largest absolute Gasteiger partial charge is 0.393 e. The second-order valence-corrected chi connectivity index (χ2v) is 5.51. The van der Waals surface area contributed by atoms with Gasteiger partial charge in [-0.1, -0.05) is 38.4 Å². The van der Waals surface area contributed by atoms with E-state index in [1.165, 1.54) is 19.3 Å². The van der Waals surface area contributed by atoms with Gasteiger partial charge in [-0.2, -0.15) is 0 Å². The Bertz CT molecular complexity index is 277. The van der Waals surface area contributed by atoms with Crippen molar-refractivity contribution in [1.82, 2.24) is 10.2 Å². The number of amides is 1. The van der Waals surface area contributed by atoms with Crippen LogP contribution in [0.4, 0.5) is 0 Å². The van der Waals surface area contributed by atoms with E-state index in [2.05, 4.69) is 10.2 Å². The molecule has 0 aliphatic heterocycles. The van der Waals surface area contributed by atoms with Gasteiger partial charge in [-0.25, -0.2) is 0 Å². The third-order valence-corrected chi connectivity index (χ3v) is 3.66. The summed E-state index contributed by atoms with van der Waals surface area (Å²) in [4.78, 5) is 14.5. The molecule has 0 saturated heterocycles. The molecule has 0 unspecified atom stereocenters. The molecule has 0 radical (unpaired) electrons. The summed E-state index contributed by atoms with van der Waals surface area (Å²) in [5.41, 5.74) is 5.48. The lowest BCUT2D eigenvalue weighted by molar-refractivity contribution is -0.123. The maximum atomic E-state index is 11.9. The molecule has 5 heteroatoms. The van der Waals surface area contributed by atoms with Crippen molar-refractivity contribution in [3.63, 3.8) is 0 Å². The number of hydrogen-bond donors (Lipinski definition) is 2. The van der Waals surface area contributed by atoms with Gasteiger partial charge in [0.15, 0.2) is 0 Å². The van der Waals surface area contributed by atoms with Crippen molar-refractivity contribution in [2.75, 3.05) is 19.6 Å². The summed E-state index contributed by atoms with van der Waals surface area (Å²) in [7, 11) is 0. The maximum Gasteiger partial charge on any atom is 0.234 e. The molecule has 1 rings (SSSR count). The van der Waals surface area contributed by atoms with Crippen molar-refractivity contribution < 1.29 is 4.79 Å². The molecule has 0 aromatic rings. The average molecular weight is 271 g/mol. The van der Waals surface area contributed by atoms with E-state index in [9.17, 15) is 4.79 Å². The van der Waals surface area contributed by atoms with Crippen LogP contribution in [0.25, 0.3) is 0 Å². The molecule has 18 heavy (non-hydrogen) atoms. The predicted molar refractivity (Wildman–Crippen MR) is 78.5 cm³/mol. The first-order valence-corrected chi connectivity index (χ1v) is 7.32. The van der Waals surface area contributed by atoms with Gasteiger partial charge in [0.1, 0.15) is 0 Å². The summed E-state index contributed by atoms with van der Waals surface area (Å²) in [5.74, 6) is 0.131. The monoisotopic (exact) mass is 271 g/mol. The SMILES string of the molecule is CCN(CCC(N)=S)CC(=O)NC1CCCCC1. The minimum Gasteiger partial charge on any atom is -0.393 e. The van der Waals surface area contributed by atoms with Gasteiger partial charge in [0.05, 0.1) is 11.5 Å². The number of hydrogen-bond acceptors (Lipinski definition) is 3. The Balaban J connectivity index is 2.25. The highest BCUT2D eigenvalue weighted by molar-refractivity contribution is 7.80. The van der Waals surface area contributed by atoms with Gasteiger partial charge in [0.25, 0.3) is 0 Å². The van der Waals surface area contributed by atoms with Gasteiger partial charge in [-0.15, -0.1) is 0 Å². The molecule has 0 bridgehead atoms. The number of nitrogens with one attached hydrogen (secondary N) is 1. The second kappa shape index (κ2) is 8.43.